The van der Waals surface area contributed by atoms with Gasteiger partial charge in [0.25, 0.3) is 5.91 Å². The predicted molar refractivity (Wildman–Crippen MR) is 104 cm³/mol. The van der Waals surface area contributed by atoms with Gasteiger partial charge in [0, 0.05) is 53.5 Å². The molecule has 0 spiro atoms. The highest BCUT2D eigenvalue weighted by Crippen LogP contribution is 2.21. The Morgan fingerprint density at radius 2 is 2.00 bits per heavy atom. The van der Waals surface area contributed by atoms with Gasteiger partial charge in [-0.1, -0.05) is 17.7 Å². The fourth-order valence-corrected chi connectivity index (χ4v) is 4.17. The van der Waals surface area contributed by atoms with Gasteiger partial charge in [-0.05, 0) is 42.1 Å². The summed E-state index contributed by atoms with van der Waals surface area (Å²) in [6.07, 6.45) is 1.09. The zero-order valence-electron chi connectivity index (χ0n) is 13.9. The average molecular weight is 374 g/mol. The second-order valence-electron chi connectivity index (χ2n) is 6.38. The van der Waals surface area contributed by atoms with Gasteiger partial charge in [-0.2, -0.15) is 0 Å². The van der Waals surface area contributed by atoms with Crippen molar-refractivity contribution >= 4 is 39.7 Å². The third-order valence-electron chi connectivity index (χ3n) is 4.73. The topological polar surface area (TPSA) is 39.3 Å². The minimum atomic E-state index is 0.0743. The molecule has 1 aliphatic rings. The number of piperazine rings is 1. The van der Waals surface area contributed by atoms with Gasteiger partial charge in [0.1, 0.15) is 5.69 Å². The highest BCUT2D eigenvalue weighted by Gasteiger charge is 2.23. The fraction of sp³-hybridized carbons (Fsp3) is 0.316. The summed E-state index contributed by atoms with van der Waals surface area (Å²) in [6.45, 7) is 4.48. The Kier molecular flexibility index (Phi) is 4.79. The van der Waals surface area contributed by atoms with Crippen LogP contribution in [-0.4, -0.2) is 53.4 Å². The van der Waals surface area contributed by atoms with E-state index in [1.807, 2.05) is 40.5 Å². The van der Waals surface area contributed by atoms with Crippen molar-refractivity contribution in [1.82, 2.24) is 14.8 Å². The van der Waals surface area contributed by atoms with Crippen LogP contribution in [0.1, 0.15) is 15.4 Å². The van der Waals surface area contributed by atoms with E-state index in [1.54, 1.807) is 0 Å². The summed E-state index contributed by atoms with van der Waals surface area (Å²) < 4.78 is 0. The molecule has 1 aromatic carbocycles. The first-order valence-corrected chi connectivity index (χ1v) is 9.77. The summed E-state index contributed by atoms with van der Waals surface area (Å²) in [5.74, 6) is 0.0743. The maximum absolute atomic E-state index is 12.8. The number of nitrogens with one attached hydrogen (secondary N) is 1. The van der Waals surface area contributed by atoms with Gasteiger partial charge in [-0.25, -0.2) is 0 Å². The van der Waals surface area contributed by atoms with Crippen molar-refractivity contribution < 1.29 is 4.79 Å². The lowest BCUT2D eigenvalue weighted by Gasteiger charge is -2.34. The maximum Gasteiger partial charge on any atom is 0.270 e. The number of benzene rings is 1. The predicted octanol–water partition coefficient (Wildman–Crippen LogP) is 3.88. The Bertz CT molecular complexity index is 866. The smallest absolute Gasteiger partial charge is 0.270 e. The fourth-order valence-electron chi connectivity index (χ4n) is 3.29. The van der Waals surface area contributed by atoms with Crippen molar-refractivity contribution in [3.8, 4) is 0 Å². The minimum Gasteiger partial charge on any atom is -0.351 e. The molecule has 0 atom stereocenters. The van der Waals surface area contributed by atoms with Crippen molar-refractivity contribution in [1.29, 1.82) is 0 Å². The van der Waals surface area contributed by atoms with Crippen LogP contribution in [0, 0.1) is 0 Å². The molecule has 1 amide bonds. The summed E-state index contributed by atoms with van der Waals surface area (Å²) in [4.78, 5) is 21.8. The molecule has 130 valence electrons. The van der Waals surface area contributed by atoms with Crippen LogP contribution >= 0.6 is 22.9 Å². The highest BCUT2D eigenvalue weighted by atomic mass is 35.5. The number of nitrogens with zero attached hydrogens (tertiary/aromatic N) is 2. The van der Waals surface area contributed by atoms with Crippen LogP contribution in [0.2, 0.25) is 5.02 Å². The van der Waals surface area contributed by atoms with Gasteiger partial charge in [0.05, 0.1) is 0 Å². The van der Waals surface area contributed by atoms with E-state index in [9.17, 15) is 4.79 Å². The van der Waals surface area contributed by atoms with E-state index in [1.165, 1.54) is 4.88 Å². The Balaban J connectivity index is 1.35. The molecule has 2 aromatic heterocycles. The molecular formula is C19H20ClN3OS. The third-order valence-corrected chi connectivity index (χ3v) is 5.90. The SMILES string of the molecule is O=C(c1cc2cc(Cl)ccc2[nH]1)N1CCN(CCc2cccs2)CC1. The van der Waals surface area contributed by atoms with Gasteiger partial charge in [0.2, 0.25) is 0 Å². The lowest BCUT2D eigenvalue weighted by molar-refractivity contribution is 0.0634. The number of hydrogen-bond acceptors (Lipinski definition) is 3. The molecule has 1 fully saturated rings. The number of hydrogen-bond donors (Lipinski definition) is 1. The van der Waals surface area contributed by atoms with Gasteiger partial charge >= 0.3 is 0 Å². The first-order valence-electron chi connectivity index (χ1n) is 8.51. The normalized spacial score (nSPS) is 15.8. The Hall–Kier alpha value is -1.82. The molecule has 3 aromatic rings. The average Bonchev–Trinajstić information content (AvgIpc) is 3.29. The van der Waals surface area contributed by atoms with Crippen molar-refractivity contribution in [2.75, 3.05) is 32.7 Å². The number of fused-ring (bicyclic) bond motifs is 1. The van der Waals surface area contributed by atoms with E-state index in [4.69, 9.17) is 11.6 Å². The molecule has 0 radical (unpaired) electrons. The summed E-state index contributed by atoms with van der Waals surface area (Å²) in [5, 5.41) is 3.79. The number of thiophene rings is 1. The number of H-pyrrole nitrogens is 1. The minimum absolute atomic E-state index is 0.0743. The molecule has 0 saturated carbocycles. The lowest BCUT2D eigenvalue weighted by atomic mass is 10.2. The third kappa shape index (κ3) is 3.73. The standard InChI is InChI=1S/C19H20ClN3OS/c20-15-3-4-17-14(12-15)13-18(21-17)19(24)23-9-7-22(8-10-23)6-5-16-2-1-11-25-16/h1-4,11-13,21H,5-10H2. The first kappa shape index (κ1) is 16.6. The van der Waals surface area contributed by atoms with Crippen molar-refractivity contribution in [2.24, 2.45) is 0 Å². The van der Waals surface area contributed by atoms with Crippen LogP contribution in [0.4, 0.5) is 0 Å². The number of aromatic nitrogens is 1. The zero-order valence-corrected chi connectivity index (χ0v) is 15.4. The number of amides is 1. The van der Waals surface area contributed by atoms with Crippen LogP contribution < -0.4 is 0 Å². The Morgan fingerprint density at radius 1 is 1.16 bits per heavy atom. The number of carbonyl (C=O) groups is 1. The molecule has 1 saturated heterocycles. The molecule has 1 aliphatic heterocycles. The molecule has 6 heteroatoms. The second-order valence-corrected chi connectivity index (χ2v) is 7.85. The van der Waals surface area contributed by atoms with E-state index < -0.39 is 0 Å². The van der Waals surface area contributed by atoms with Crippen LogP contribution in [0.3, 0.4) is 0 Å². The van der Waals surface area contributed by atoms with E-state index in [2.05, 4.69) is 27.4 Å². The second kappa shape index (κ2) is 7.20. The lowest BCUT2D eigenvalue weighted by Crippen LogP contribution is -2.49. The van der Waals surface area contributed by atoms with Crippen molar-refractivity contribution in [3.05, 3.63) is 57.4 Å². The van der Waals surface area contributed by atoms with Crippen LogP contribution in [0.25, 0.3) is 10.9 Å². The summed E-state index contributed by atoms with van der Waals surface area (Å²) in [5.41, 5.74) is 1.59. The van der Waals surface area contributed by atoms with Crippen molar-refractivity contribution in [3.63, 3.8) is 0 Å². The molecule has 25 heavy (non-hydrogen) atoms. The summed E-state index contributed by atoms with van der Waals surface area (Å²) in [7, 11) is 0. The molecule has 3 heterocycles. The van der Waals surface area contributed by atoms with Crippen LogP contribution in [0.15, 0.2) is 41.8 Å². The summed E-state index contributed by atoms with van der Waals surface area (Å²) >= 11 is 7.84. The van der Waals surface area contributed by atoms with Gasteiger partial charge in [-0.3, -0.25) is 9.69 Å². The highest BCUT2D eigenvalue weighted by molar-refractivity contribution is 7.09. The molecule has 0 unspecified atom stereocenters. The molecule has 4 rings (SSSR count). The van der Waals surface area contributed by atoms with Gasteiger partial charge in [-0.15, -0.1) is 11.3 Å². The Labute approximate surface area is 156 Å². The molecular weight excluding hydrogens is 354 g/mol. The largest absolute Gasteiger partial charge is 0.351 e. The molecule has 1 N–H and O–H groups in total. The molecule has 0 aliphatic carbocycles. The Morgan fingerprint density at radius 3 is 2.76 bits per heavy atom. The van der Waals surface area contributed by atoms with Crippen LogP contribution in [0.5, 0.6) is 0 Å². The molecule has 0 bridgehead atoms. The first-order chi connectivity index (χ1) is 12.2. The van der Waals surface area contributed by atoms with Crippen LogP contribution in [-0.2, 0) is 6.42 Å². The zero-order chi connectivity index (χ0) is 17.2. The maximum atomic E-state index is 12.8. The summed E-state index contributed by atoms with van der Waals surface area (Å²) in [6, 6.07) is 11.8. The van der Waals surface area contributed by atoms with E-state index >= 15 is 0 Å². The number of rotatable bonds is 4. The number of carbonyl (C=O) groups excluding carboxylic acids is 1. The number of halogens is 1. The quantitative estimate of drug-likeness (QED) is 0.753. The van der Waals surface area contributed by atoms with Gasteiger partial charge < -0.3 is 9.88 Å². The van der Waals surface area contributed by atoms with E-state index in [0.717, 1.165) is 50.0 Å². The van der Waals surface area contributed by atoms with E-state index in [0.29, 0.717) is 10.7 Å². The number of aromatic amines is 1. The van der Waals surface area contributed by atoms with Gasteiger partial charge in [0.15, 0.2) is 0 Å². The molecule has 4 nitrogen and oxygen atoms in total. The van der Waals surface area contributed by atoms with Crippen molar-refractivity contribution in [2.45, 2.75) is 6.42 Å². The monoisotopic (exact) mass is 373 g/mol. The van der Waals surface area contributed by atoms with E-state index in [-0.39, 0.29) is 5.91 Å².